The third kappa shape index (κ3) is 4.48. The Bertz CT molecular complexity index is 1540. The summed E-state index contributed by atoms with van der Waals surface area (Å²) < 4.78 is 3.53. The van der Waals surface area contributed by atoms with Crippen molar-refractivity contribution >= 4 is 34.1 Å². The average Bonchev–Trinajstić information content (AvgIpc) is 3.26. The number of aryl methyl sites for hydroxylation is 3. The van der Waals surface area contributed by atoms with Gasteiger partial charge >= 0.3 is 0 Å². The molecule has 3 heterocycles. The summed E-state index contributed by atoms with van der Waals surface area (Å²) in [4.78, 5) is 26.8. The minimum atomic E-state index is -0.0833. The number of hydrogen-bond acceptors (Lipinski definition) is 5. The van der Waals surface area contributed by atoms with Crippen LogP contribution in [-0.4, -0.2) is 24.8 Å². The third-order valence-electron chi connectivity index (χ3n) is 5.96. The zero-order chi connectivity index (χ0) is 24.4. The lowest BCUT2D eigenvalue weighted by atomic mass is 10.0. The first-order valence-electron chi connectivity index (χ1n) is 11.5. The molecule has 0 amide bonds. The molecule has 0 spiro atoms. The maximum absolute atomic E-state index is 12.3. The predicted molar refractivity (Wildman–Crippen MR) is 141 cm³/mol. The van der Waals surface area contributed by atoms with Gasteiger partial charge < -0.3 is 14.5 Å². The van der Waals surface area contributed by atoms with Crippen LogP contribution in [0, 0.1) is 0 Å². The Balaban J connectivity index is 1.69. The van der Waals surface area contributed by atoms with Crippen LogP contribution in [0.1, 0.15) is 23.6 Å². The fourth-order valence-corrected chi connectivity index (χ4v) is 4.07. The van der Waals surface area contributed by atoms with Gasteiger partial charge in [-0.2, -0.15) is 0 Å². The molecule has 0 saturated carbocycles. The summed E-state index contributed by atoms with van der Waals surface area (Å²) in [6.07, 6.45) is 4.40. The number of rotatable bonds is 6. The summed E-state index contributed by atoms with van der Waals surface area (Å²) >= 11 is 0. The van der Waals surface area contributed by atoms with Crippen LogP contribution in [0.5, 0.6) is 0 Å². The highest BCUT2D eigenvalue weighted by Gasteiger charge is 2.15. The van der Waals surface area contributed by atoms with Crippen LogP contribution in [0.3, 0.4) is 0 Å². The maximum Gasteiger partial charge on any atom is 0.252 e. The standard InChI is InChI=1S/C28H26N6O/c1-4-19-17-33(2)25(35)15-22(19)30-24-16-23-27(29-18-34(23)3)28(31-24)32-26(20-11-7-5-8-12-20)21-13-9-6-10-14-21/h5-18H,4H2,1-3H3,(H,30,31). The molecule has 0 bridgehead atoms. The molecule has 0 aliphatic heterocycles. The first-order chi connectivity index (χ1) is 17.0. The zero-order valence-electron chi connectivity index (χ0n) is 19.9. The number of fused-ring (bicyclic) bond motifs is 1. The number of nitrogens with zero attached hydrogens (tertiary/aromatic N) is 5. The molecule has 0 atom stereocenters. The van der Waals surface area contributed by atoms with Gasteiger partial charge in [0.25, 0.3) is 5.56 Å². The number of aliphatic imine (C=N–C) groups is 1. The van der Waals surface area contributed by atoms with Crippen molar-refractivity contribution in [3.8, 4) is 0 Å². The largest absolute Gasteiger partial charge is 0.340 e. The first-order valence-corrected chi connectivity index (χ1v) is 11.5. The number of hydrogen-bond donors (Lipinski definition) is 1. The molecule has 0 saturated heterocycles. The number of imidazole rings is 1. The number of benzene rings is 2. The molecule has 0 unspecified atom stereocenters. The Morgan fingerprint density at radius 1 is 0.943 bits per heavy atom. The molecule has 7 nitrogen and oxygen atoms in total. The van der Waals surface area contributed by atoms with Crippen molar-refractivity contribution in [3.05, 3.63) is 112 Å². The van der Waals surface area contributed by atoms with Gasteiger partial charge in [0, 0.05) is 49.2 Å². The van der Waals surface area contributed by atoms with Crippen LogP contribution in [0.15, 0.2) is 95.1 Å². The molecule has 1 N–H and O–H groups in total. The molecule has 0 aliphatic rings. The Kier molecular flexibility index (Phi) is 5.97. The van der Waals surface area contributed by atoms with Crippen molar-refractivity contribution < 1.29 is 0 Å². The fourth-order valence-electron chi connectivity index (χ4n) is 4.07. The lowest BCUT2D eigenvalue weighted by molar-refractivity contribution is 0.843. The van der Waals surface area contributed by atoms with Crippen LogP contribution in [0.2, 0.25) is 0 Å². The number of nitrogens with one attached hydrogen (secondary N) is 1. The molecule has 0 radical (unpaired) electrons. The second kappa shape index (κ2) is 9.38. The Morgan fingerprint density at radius 3 is 2.23 bits per heavy atom. The predicted octanol–water partition coefficient (Wildman–Crippen LogP) is 5.14. The normalized spacial score (nSPS) is 10.9. The van der Waals surface area contributed by atoms with Crippen molar-refractivity contribution in [2.24, 2.45) is 19.1 Å². The summed E-state index contributed by atoms with van der Waals surface area (Å²) in [5.41, 5.74) is 6.08. The maximum atomic E-state index is 12.3. The van der Waals surface area contributed by atoms with E-state index in [1.807, 2.05) is 84.5 Å². The Hall–Kier alpha value is -4.52. The topological polar surface area (TPSA) is 77.1 Å². The van der Waals surface area contributed by atoms with Crippen LogP contribution in [0.25, 0.3) is 11.0 Å². The lowest BCUT2D eigenvalue weighted by Crippen LogP contribution is -2.17. The van der Waals surface area contributed by atoms with Crippen LogP contribution < -0.4 is 10.9 Å². The van der Waals surface area contributed by atoms with Crippen molar-refractivity contribution in [2.45, 2.75) is 13.3 Å². The van der Waals surface area contributed by atoms with E-state index in [1.165, 1.54) is 0 Å². The van der Waals surface area contributed by atoms with Crippen LogP contribution in [0.4, 0.5) is 17.3 Å². The monoisotopic (exact) mass is 462 g/mol. The molecule has 174 valence electrons. The highest BCUT2D eigenvalue weighted by molar-refractivity contribution is 6.14. The van der Waals surface area contributed by atoms with E-state index in [-0.39, 0.29) is 5.56 Å². The van der Waals surface area contributed by atoms with Crippen LogP contribution in [-0.2, 0) is 20.5 Å². The quantitative estimate of drug-likeness (QED) is 0.355. The van der Waals surface area contributed by atoms with Crippen molar-refractivity contribution in [1.29, 1.82) is 0 Å². The summed E-state index contributed by atoms with van der Waals surface area (Å²) in [5, 5.41) is 3.36. The van der Waals surface area contributed by atoms with Gasteiger partial charge in [0.1, 0.15) is 11.3 Å². The second-order valence-electron chi connectivity index (χ2n) is 8.39. The molecule has 2 aromatic carbocycles. The molecular weight excluding hydrogens is 436 g/mol. The average molecular weight is 463 g/mol. The minimum Gasteiger partial charge on any atom is -0.340 e. The summed E-state index contributed by atoms with van der Waals surface area (Å²) in [6, 6.07) is 23.7. The van der Waals surface area contributed by atoms with Crippen LogP contribution >= 0.6 is 0 Å². The zero-order valence-corrected chi connectivity index (χ0v) is 19.9. The van der Waals surface area contributed by atoms with E-state index in [0.717, 1.165) is 40.0 Å². The van der Waals surface area contributed by atoms with E-state index in [1.54, 1.807) is 24.0 Å². The van der Waals surface area contributed by atoms with Gasteiger partial charge in [0.05, 0.1) is 17.6 Å². The molecule has 5 rings (SSSR count). The molecule has 0 fully saturated rings. The fraction of sp³-hybridized carbons (Fsp3) is 0.143. The summed E-state index contributed by atoms with van der Waals surface area (Å²) in [6.45, 7) is 2.06. The van der Waals surface area contributed by atoms with E-state index in [4.69, 9.17) is 9.98 Å². The lowest BCUT2D eigenvalue weighted by Gasteiger charge is -2.13. The highest BCUT2D eigenvalue weighted by Crippen LogP contribution is 2.29. The van der Waals surface area contributed by atoms with Crippen molar-refractivity contribution in [1.82, 2.24) is 19.1 Å². The van der Waals surface area contributed by atoms with Gasteiger partial charge in [-0.3, -0.25) is 4.79 Å². The Labute approximate surface area is 203 Å². The molecule has 5 aromatic rings. The summed E-state index contributed by atoms with van der Waals surface area (Å²) in [7, 11) is 3.70. The number of anilines is 2. The molecule has 3 aromatic heterocycles. The van der Waals surface area contributed by atoms with Gasteiger partial charge in [-0.15, -0.1) is 0 Å². The van der Waals surface area contributed by atoms with Gasteiger partial charge in [-0.1, -0.05) is 67.6 Å². The Morgan fingerprint density at radius 2 is 1.60 bits per heavy atom. The van der Waals surface area contributed by atoms with Gasteiger partial charge in [-0.05, 0) is 12.0 Å². The highest BCUT2D eigenvalue weighted by atomic mass is 16.1. The van der Waals surface area contributed by atoms with E-state index >= 15 is 0 Å². The van der Waals surface area contributed by atoms with E-state index in [2.05, 4.69) is 17.2 Å². The van der Waals surface area contributed by atoms with Gasteiger partial charge in [0.15, 0.2) is 5.82 Å². The minimum absolute atomic E-state index is 0.0833. The van der Waals surface area contributed by atoms with E-state index in [0.29, 0.717) is 17.2 Å². The molecule has 7 heteroatoms. The molecule has 35 heavy (non-hydrogen) atoms. The van der Waals surface area contributed by atoms with Gasteiger partial charge in [-0.25, -0.2) is 15.0 Å². The van der Waals surface area contributed by atoms with Crippen molar-refractivity contribution in [2.75, 3.05) is 5.32 Å². The van der Waals surface area contributed by atoms with Crippen molar-refractivity contribution in [3.63, 3.8) is 0 Å². The smallest absolute Gasteiger partial charge is 0.252 e. The van der Waals surface area contributed by atoms with E-state index in [9.17, 15) is 4.79 Å². The third-order valence-corrected chi connectivity index (χ3v) is 5.96. The molecular formula is C28H26N6O. The number of pyridine rings is 2. The SMILES string of the molecule is CCc1cn(C)c(=O)cc1Nc1cc2c(ncn2C)c(N=C(c2ccccc2)c2ccccc2)n1. The van der Waals surface area contributed by atoms with Gasteiger partial charge in [0.2, 0.25) is 0 Å². The van der Waals surface area contributed by atoms with E-state index < -0.39 is 0 Å². The second-order valence-corrected chi connectivity index (χ2v) is 8.39. The number of aromatic nitrogens is 4. The first kappa shape index (κ1) is 22.3. The molecule has 0 aliphatic carbocycles. The summed E-state index contributed by atoms with van der Waals surface area (Å²) in [5.74, 6) is 1.11.